The van der Waals surface area contributed by atoms with Gasteiger partial charge in [0.1, 0.15) is 6.10 Å². The van der Waals surface area contributed by atoms with E-state index in [0.717, 1.165) is 43.1 Å². The monoisotopic (exact) mass is 331 g/mol. The maximum atomic E-state index is 12.5. The van der Waals surface area contributed by atoms with Crippen molar-refractivity contribution in [3.63, 3.8) is 0 Å². The maximum Gasteiger partial charge on any atom is 0.317 e. The van der Waals surface area contributed by atoms with E-state index in [1.54, 1.807) is 0 Å². The topological polar surface area (TPSA) is 55.3 Å². The molecule has 0 radical (unpaired) electrons. The average Bonchev–Trinajstić information content (AvgIpc) is 3.05. The zero-order valence-electron chi connectivity index (χ0n) is 15.0. The lowest BCUT2D eigenvalue weighted by molar-refractivity contribution is -0.134. The maximum absolute atomic E-state index is 12.5. The van der Waals surface area contributed by atoms with Crippen molar-refractivity contribution in [3.8, 4) is 6.01 Å². The van der Waals surface area contributed by atoms with Crippen LogP contribution in [0.1, 0.15) is 62.8 Å². The molecular formula is C19H29N3O2. The highest BCUT2D eigenvalue weighted by Crippen LogP contribution is 2.29. The summed E-state index contributed by atoms with van der Waals surface area (Å²) in [5.41, 5.74) is 1.83. The number of rotatable bonds is 5. The smallest absolute Gasteiger partial charge is 0.317 e. The summed E-state index contributed by atoms with van der Waals surface area (Å²) in [4.78, 5) is 23.2. The van der Waals surface area contributed by atoms with Gasteiger partial charge in [-0.15, -0.1) is 0 Å². The molecular weight excluding hydrogens is 302 g/mol. The Balaban J connectivity index is 1.50. The first-order chi connectivity index (χ1) is 11.6. The molecule has 24 heavy (non-hydrogen) atoms. The zero-order chi connectivity index (χ0) is 16.9. The van der Waals surface area contributed by atoms with Gasteiger partial charge in [0.25, 0.3) is 0 Å². The van der Waals surface area contributed by atoms with Crippen molar-refractivity contribution in [1.82, 2.24) is 14.9 Å². The van der Waals surface area contributed by atoms with Gasteiger partial charge in [0.2, 0.25) is 5.91 Å². The summed E-state index contributed by atoms with van der Waals surface area (Å²) in [6.07, 6.45) is 9.01. The van der Waals surface area contributed by atoms with E-state index < -0.39 is 0 Å². The van der Waals surface area contributed by atoms with E-state index in [9.17, 15) is 4.79 Å². The summed E-state index contributed by atoms with van der Waals surface area (Å²) in [5, 5.41) is 0. The minimum absolute atomic E-state index is 0.00961. The van der Waals surface area contributed by atoms with Gasteiger partial charge < -0.3 is 9.64 Å². The molecule has 2 fully saturated rings. The number of hydrogen-bond donors (Lipinski definition) is 0. The van der Waals surface area contributed by atoms with Crippen molar-refractivity contribution in [2.45, 2.75) is 71.3 Å². The third-order valence-corrected chi connectivity index (χ3v) is 5.21. The summed E-state index contributed by atoms with van der Waals surface area (Å²) in [7, 11) is 0. The first kappa shape index (κ1) is 17.2. The predicted octanol–water partition coefficient (Wildman–Crippen LogP) is 3.43. The van der Waals surface area contributed by atoms with Crippen LogP contribution in [-0.4, -0.2) is 40.0 Å². The van der Waals surface area contributed by atoms with Gasteiger partial charge in [-0.05, 0) is 45.1 Å². The average molecular weight is 331 g/mol. The van der Waals surface area contributed by atoms with Crippen molar-refractivity contribution in [3.05, 3.63) is 17.5 Å². The van der Waals surface area contributed by atoms with Crippen LogP contribution in [-0.2, 0) is 4.79 Å². The Morgan fingerprint density at radius 1 is 1.17 bits per heavy atom. The molecule has 2 aliphatic rings. The molecule has 3 rings (SSSR count). The van der Waals surface area contributed by atoms with Gasteiger partial charge in [-0.25, -0.2) is 9.97 Å². The van der Waals surface area contributed by atoms with Crippen LogP contribution in [0.2, 0.25) is 0 Å². The van der Waals surface area contributed by atoms with Crippen LogP contribution < -0.4 is 4.74 Å². The number of amides is 1. The van der Waals surface area contributed by atoms with Crippen LogP contribution in [0.15, 0.2) is 6.07 Å². The lowest BCUT2D eigenvalue weighted by atomic mass is 10.0. The summed E-state index contributed by atoms with van der Waals surface area (Å²) in [6, 6.07) is 2.38. The quantitative estimate of drug-likeness (QED) is 0.829. The molecule has 1 saturated heterocycles. The van der Waals surface area contributed by atoms with Crippen molar-refractivity contribution < 1.29 is 9.53 Å². The third-order valence-electron chi connectivity index (χ3n) is 5.21. The molecule has 2 heterocycles. The third kappa shape index (κ3) is 4.68. The minimum Gasteiger partial charge on any atom is -0.458 e. The van der Waals surface area contributed by atoms with Crippen molar-refractivity contribution in [2.75, 3.05) is 13.1 Å². The molecule has 1 aliphatic carbocycles. The minimum atomic E-state index is 0.00961. The Labute approximate surface area is 144 Å². The lowest BCUT2D eigenvalue weighted by Crippen LogP contribution is -2.44. The molecule has 0 aromatic carbocycles. The second-order valence-electron chi connectivity index (χ2n) is 7.34. The fraction of sp³-hybridized carbons (Fsp3) is 0.737. The van der Waals surface area contributed by atoms with Crippen LogP contribution in [0.3, 0.4) is 0 Å². The van der Waals surface area contributed by atoms with Crippen molar-refractivity contribution in [2.24, 2.45) is 5.92 Å². The Morgan fingerprint density at radius 2 is 1.88 bits per heavy atom. The molecule has 132 valence electrons. The largest absolute Gasteiger partial charge is 0.458 e. The van der Waals surface area contributed by atoms with Gasteiger partial charge in [0.05, 0.1) is 6.54 Å². The van der Waals surface area contributed by atoms with Crippen molar-refractivity contribution >= 4 is 5.91 Å². The fourth-order valence-electron chi connectivity index (χ4n) is 3.94. The van der Waals surface area contributed by atoms with Crippen molar-refractivity contribution in [1.29, 1.82) is 0 Å². The Morgan fingerprint density at radius 3 is 2.58 bits per heavy atom. The van der Waals surface area contributed by atoms with E-state index in [2.05, 4.69) is 9.97 Å². The number of likely N-dealkylation sites (tertiary alicyclic amines) is 1. The summed E-state index contributed by atoms with van der Waals surface area (Å²) in [6.45, 7) is 5.42. The molecule has 5 heteroatoms. The molecule has 0 N–H and O–H groups in total. The van der Waals surface area contributed by atoms with Gasteiger partial charge in [0, 0.05) is 24.4 Å². The van der Waals surface area contributed by atoms with Crippen LogP contribution >= 0.6 is 0 Å². The number of aromatic nitrogens is 2. The Bertz CT molecular complexity index is 549. The molecule has 1 aliphatic heterocycles. The van der Waals surface area contributed by atoms with Crippen LogP contribution in [0.25, 0.3) is 0 Å². The van der Waals surface area contributed by atoms with E-state index >= 15 is 0 Å². The summed E-state index contributed by atoms with van der Waals surface area (Å²) >= 11 is 0. The fourth-order valence-corrected chi connectivity index (χ4v) is 3.94. The van der Waals surface area contributed by atoms with E-state index in [-0.39, 0.29) is 12.0 Å². The number of carbonyl (C=O) groups excluding carboxylic acids is 1. The van der Waals surface area contributed by atoms with Gasteiger partial charge in [-0.1, -0.05) is 25.7 Å². The zero-order valence-corrected chi connectivity index (χ0v) is 15.0. The number of nitrogens with zero attached hydrogens (tertiary/aromatic N) is 3. The molecule has 1 aromatic heterocycles. The van der Waals surface area contributed by atoms with E-state index in [1.807, 2.05) is 24.8 Å². The molecule has 1 unspecified atom stereocenters. The summed E-state index contributed by atoms with van der Waals surface area (Å²) < 4.78 is 5.96. The summed E-state index contributed by atoms with van der Waals surface area (Å²) in [5.74, 6) is 1.06. The molecule has 0 spiro atoms. The second kappa shape index (κ2) is 7.95. The standard InChI is InChI=1S/C19H29N3O2/c1-14-12-15(2)21-19(20-14)24-17-8-5-11-22(13-17)18(23)10-9-16-6-3-4-7-16/h12,16-17H,3-11,13H2,1-2H3. The highest BCUT2D eigenvalue weighted by Gasteiger charge is 2.26. The number of hydrogen-bond acceptors (Lipinski definition) is 4. The van der Waals surface area contributed by atoms with Gasteiger partial charge >= 0.3 is 6.01 Å². The molecule has 1 atom stereocenters. The van der Waals surface area contributed by atoms with Crippen LogP contribution in [0, 0.1) is 19.8 Å². The predicted molar refractivity (Wildman–Crippen MR) is 92.9 cm³/mol. The first-order valence-electron chi connectivity index (χ1n) is 9.37. The number of piperidine rings is 1. The Hall–Kier alpha value is -1.65. The first-order valence-corrected chi connectivity index (χ1v) is 9.37. The SMILES string of the molecule is Cc1cc(C)nc(OC2CCCN(C(=O)CCC3CCCC3)C2)n1. The Kier molecular flexibility index (Phi) is 5.69. The number of aryl methyl sites for hydroxylation is 2. The highest BCUT2D eigenvalue weighted by molar-refractivity contribution is 5.76. The number of ether oxygens (including phenoxy) is 1. The highest BCUT2D eigenvalue weighted by atomic mass is 16.5. The van der Waals surface area contributed by atoms with E-state index in [1.165, 1.54) is 25.7 Å². The van der Waals surface area contributed by atoms with Crippen LogP contribution in [0.5, 0.6) is 6.01 Å². The molecule has 1 saturated carbocycles. The molecule has 1 amide bonds. The second-order valence-corrected chi connectivity index (χ2v) is 7.34. The number of carbonyl (C=O) groups is 1. The van der Waals surface area contributed by atoms with Gasteiger partial charge in [-0.2, -0.15) is 0 Å². The normalized spacial score (nSPS) is 21.9. The van der Waals surface area contributed by atoms with E-state index in [0.29, 0.717) is 19.0 Å². The molecule has 0 bridgehead atoms. The van der Waals surface area contributed by atoms with Gasteiger partial charge in [0.15, 0.2) is 0 Å². The van der Waals surface area contributed by atoms with E-state index in [4.69, 9.17) is 4.74 Å². The molecule has 1 aromatic rings. The van der Waals surface area contributed by atoms with Gasteiger partial charge in [-0.3, -0.25) is 4.79 Å². The van der Waals surface area contributed by atoms with Crippen LogP contribution in [0.4, 0.5) is 0 Å². The molecule has 5 nitrogen and oxygen atoms in total. The lowest BCUT2D eigenvalue weighted by Gasteiger charge is -2.32.